The number of nitriles is 1. The summed E-state index contributed by atoms with van der Waals surface area (Å²) < 4.78 is 6.10. The number of nitrogens with zero attached hydrogens (tertiary/aromatic N) is 2. The van der Waals surface area contributed by atoms with E-state index >= 15 is 0 Å². The highest BCUT2D eigenvalue weighted by Crippen LogP contribution is 2.38. The molecule has 4 aliphatic rings. The lowest BCUT2D eigenvalue weighted by Crippen LogP contribution is -2.55. The quantitative estimate of drug-likeness (QED) is 0.256. The summed E-state index contributed by atoms with van der Waals surface area (Å²) >= 11 is 0. The molecule has 280 valence electrons. The van der Waals surface area contributed by atoms with E-state index in [4.69, 9.17) is 4.74 Å². The van der Waals surface area contributed by atoms with Crippen LogP contribution < -0.4 is 5.32 Å². The number of rotatable bonds is 4. The summed E-state index contributed by atoms with van der Waals surface area (Å²) in [5.74, 6) is -1.13. The highest BCUT2D eigenvalue weighted by Gasteiger charge is 2.42. The van der Waals surface area contributed by atoms with Crippen LogP contribution in [0.5, 0.6) is 0 Å². The molecule has 0 spiro atoms. The Labute approximate surface area is 301 Å². The van der Waals surface area contributed by atoms with Crippen LogP contribution in [-0.2, 0) is 14.3 Å². The Morgan fingerprint density at radius 1 is 0.840 bits per heavy atom. The third-order valence-corrected chi connectivity index (χ3v) is 12.2. The zero-order chi connectivity index (χ0) is 36.2. The van der Waals surface area contributed by atoms with E-state index in [1.165, 1.54) is 12.8 Å². The molecule has 0 aromatic heterocycles. The van der Waals surface area contributed by atoms with Gasteiger partial charge in [-0.15, -0.1) is 0 Å². The summed E-state index contributed by atoms with van der Waals surface area (Å²) in [7, 11) is 0. The summed E-state index contributed by atoms with van der Waals surface area (Å²) in [5, 5.41) is 34.7. The monoisotopic (exact) mass is 695 g/mol. The van der Waals surface area contributed by atoms with Crippen molar-refractivity contribution < 1.29 is 29.3 Å². The molecule has 3 saturated carbocycles. The summed E-state index contributed by atoms with van der Waals surface area (Å²) in [5.41, 5.74) is 0.289. The van der Waals surface area contributed by atoms with Gasteiger partial charge in [0, 0.05) is 30.3 Å². The van der Waals surface area contributed by atoms with E-state index in [0.717, 1.165) is 77.0 Å². The average Bonchev–Trinajstić information content (AvgIpc) is 3.58. The molecule has 3 N–H and O–H groups in total. The van der Waals surface area contributed by atoms with Crippen LogP contribution in [0.2, 0.25) is 0 Å². The predicted octanol–water partition coefficient (Wildman–Crippen LogP) is 7.75. The molecule has 3 aliphatic carbocycles. The Morgan fingerprint density at radius 3 is 2.04 bits per heavy atom. The second-order valence-corrected chi connectivity index (χ2v) is 16.5. The molecule has 9 atom stereocenters. The first kappa shape index (κ1) is 40.1. The summed E-state index contributed by atoms with van der Waals surface area (Å²) in [6, 6.07) is 2.23. The number of carbonyl (C=O) groups excluding carboxylic acids is 3. The number of hydrogen-bond acceptors (Lipinski definition) is 7. The number of ether oxygens (including phenoxy) is 1. The van der Waals surface area contributed by atoms with Gasteiger partial charge in [0.2, 0.25) is 5.91 Å². The van der Waals surface area contributed by atoms with Crippen LogP contribution in [-0.4, -0.2) is 63.4 Å². The Morgan fingerprint density at radius 2 is 1.44 bits per heavy atom. The highest BCUT2D eigenvalue weighted by molar-refractivity contribution is 5.96. The number of urea groups is 1. The topological polar surface area (TPSA) is 140 Å². The smallest absolute Gasteiger partial charge is 0.324 e. The van der Waals surface area contributed by atoms with E-state index in [9.17, 15) is 29.9 Å². The maximum atomic E-state index is 13.9. The first-order chi connectivity index (χ1) is 24.0. The zero-order valence-electron chi connectivity index (χ0n) is 31.2. The van der Waals surface area contributed by atoms with Gasteiger partial charge in [-0.25, -0.2) is 4.79 Å². The Hall–Kier alpha value is -2.70. The molecule has 4 rings (SSSR count). The first-order valence-electron chi connectivity index (χ1n) is 19.9. The minimum Gasteiger partial charge on any atom is -0.462 e. The number of hydrogen-bond donors (Lipinski definition) is 3. The minimum atomic E-state index is -0.891. The number of allylic oxidation sites excluding steroid dienone is 2. The summed E-state index contributed by atoms with van der Waals surface area (Å²) in [4.78, 5) is 43.2. The van der Waals surface area contributed by atoms with Gasteiger partial charge < -0.3 is 19.8 Å². The van der Waals surface area contributed by atoms with E-state index in [0.29, 0.717) is 31.1 Å². The Balaban J connectivity index is 1.53. The van der Waals surface area contributed by atoms with Crippen molar-refractivity contribution in [3.05, 3.63) is 23.8 Å². The van der Waals surface area contributed by atoms with Gasteiger partial charge in [0.05, 0.1) is 30.3 Å². The van der Waals surface area contributed by atoms with E-state index in [2.05, 4.69) is 25.2 Å². The largest absolute Gasteiger partial charge is 0.462 e. The molecule has 50 heavy (non-hydrogen) atoms. The third kappa shape index (κ3) is 11.4. The molecular weight excluding hydrogens is 630 g/mol. The SMILES string of the molecule is CC1CC(C)CC(C)C(O)/C(C#N)=C/C=C/CC(C2CCCC2C(=O)NC(=O)N(C2CCCCC2)C2CCCCC2)OC(=O)CC(O)C(C)C1. The van der Waals surface area contributed by atoms with Gasteiger partial charge in [-0.05, 0) is 87.5 Å². The van der Waals surface area contributed by atoms with Gasteiger partial charge in [-0.2, -0.15) is 5.26 Å². The Bertz CT molecular complexity index is 1200. The maximum Gasteiger partial charge on any atom is 0.324 e. The van der Waals surface area contributed by atoms with Crippen molar-refractivity contribution in [2.75, 3.05) is 0 Å². The molecule has 0 bridgehead atoms. The molecule has 1 aliphatic heterocycles. The number of amides is 3. The fourth-order valence-corrected chi connectivity index (χ4v) is 9.60. The van der Waals surface area contributed by atoms with Crippen molar-refractivity contribution >= 4 is 17.9 Å². The fraction of sp³-hybridized carbons (Fsp3) is 0.805. The first-order valence-corrected chi connectivity index (χ1v) is 19.9. The molecule has 0 aromatic carbocycles. The van der Waals surface area contributed by atoms with E-state index in [1.807, 2.05) is 24.8 Å². The Kier molecular flexibility index (Phi) is 15.9. The lowest BCUT2D eigenvalue weighted by atomic mass is 9.82. The van der Waals surface area contributed by atoms with Crippen molar-refractivity contribution in [3.63, 3.8) is 0 Å². The molecule has 9 heteroatoms. The van der Waals surface area contributed by atoms with Crippen LogP contribution in [0.25, 0.3) is 0 Å². The molecule has 0 saturated heterocycles. The van der Waals surface area contributed by atoms with E-state index in [-0.39, 0.29) is 53.8 Å². The number of aliphatic hydroxyl groups excluding tert-OH is 2. The van der Waals surface area contributed by atoms with Crippen LogP contribution in [0.1, 0.15) is 143 Å². The third-order valence-electron chi connectivity index (χ3n) is 12.2. The normalized spacial score (nSPS) is 36.5. The van der Waals surface area contributed by atoms with Crippen molar-refractivity contribution in [1.29, 1.82) is 5.26 Å². The molecule has 9 unspecified atom stereocenters. The molecule has 0 aromatic rings. The second kappa shape index (κ2) is 19.8. The van der Waals surface area contributed by atoms with E-state index < -0.39 is 30.2 Å². The molecule has 9 nitrogen and oxygen atoms in total. The van der Waals surface area contributed by atoms with Crippen LogP contribution >= 0.6 is 0 Å². The molecular formula is C41H65N3O6. The molecule has 3 fully saturated rings. The molecule has 1 heterocycles. The van der Waals surface area contributed by atoms with Crippen LogP contribution in [0, 0.1) is 46.8 Å². The highest BCUT2D eigenvalue weighted by atomic mass is 16.5. The number of nitrogens with one attached hydrogen (secondary N) is 1. The lowest BCUT2D eigenvalue weighted by Gasteiger charge is -2.41. The minimum absolute atomic E-state index is 0.0975. The van der Waals surface area contributed by atoms with Crippen molar-refractivity contribution in [2.45, 2.75) is 174 Å². The number of imide groups is 1. The van der Waals surface area contributed by atoms with Crippen molar-refractivity contribution in [3.8, 4) is 6.07 Å². The lowest BCUT2D eigenvalue weighted by molar-refractivity contribution is -0.156. The maximum absolute atomic E-state index is 13.9. The van der Waals surface area contributed by atoms with E-state index in [1.54, 1.807) is 12.2 Å². The van der Waals surface area contributed by atoms with Gasteiger partial charge in [-0.3, -0.25) is 14.9 Å². The predicted molar refractivity (Wildman–Crippen MR) is 194 cm³/mol. The van der Waals surface area contributed by atoms with Crippen molar-refractivity contribution in [1.82, 2.24) is 10.2 Å². The van der Waals surface area contributed by atoms with Crippen LogP contribution in [0.3, 0.4) is 0 Å². The van der Waals surface area contributed by atoms with Gasteiger partial charge in [0.25, 0.3) is 0 Å². The van der Waals surface area contributed by atoms with Gasteiger partial charge in [-0.1, -0.05) is 84.8 Å². The zero-order valence-corrected chi connectivity index (χ0v) is 31.2. The van der Waals surface area contributed by atoms with Gasteiger partial charge >= 0.3 is 12.0 Å². The van der Waals surface area contributed by atoms with Crippen LogP contribution in [0.15, 0.2) is 23.8 Å². The van der Waals surface area contributed by atoms with Crippen molar-refractivity contribution in [2.24, 2.45) is 35.5 Å². The van der Waals surface area contributed by atoms with Gasteiger partial charge in [0.15, 0.2) is 0 Å². The molecule has 3 amide bonds. The fourth-order valence-electron chi connectivity index (χ4n) is 9.60. The number of carbonyl (C=O) groups is 3. The number of aliphatic hydroxyl groups is 2. The standard InChI is InChI=1S/C41H65N3O6/c1-27-22-28(2)24-30(4)39(47)31(26-42)14-11-12-21-37(50-38(46)25-36(45)29(3)23-27)34-19-13-20-35(34)40(48)43-41(49)44(32-15-7-5-8-16-32)33-17-9-6-10-18-33/h11-12,14,27-30,32-37,39,45,47H,5-10,13,15-25H2,1-4H3,(H,43,48,49)/b12-11+,31-14+. The number of esters is 1. The summed E-state index contributed by atoms with van der Waals surface area (Å²) in [6.07, 6.45) is 18.2. The van der Waals surface area contributed by atoms with Gasteiger partial charge in [0.1, 0.15) is 6.10 Å². The second-order valence-electron chi connectivity index (χ2n) is 16.5. The number of cyclic esters (lactones) is 1. The average molecular weight is 696 g/mol. The summed E-state index contributed by atoms with van der Waals surface area (Å²) in [6.45, 7) is 8.24. The van der Waals surface area contributed by atoms with Crippen LogP contribution in [0.4, 0.5) is 4.79 Å². The molecule has 0 radical (unpaired) electrons.